The van der Waals surface area contributed by atoms with Crippen molar-refractivity contribution in [3.63, 3.8) is 0 Å². The summed E-state index contributed by atoms with van der Waals surface area (Å²) in [6.07, 6.45) is 22.2. The van der Waals surface area contributed by atoms with Crippen molar-refractivity contribution in [2.45, 2.75) is 352 Å². The van der Waals surface area contributed by atoms with Crippen molar-refractivity contribution >= 4 is 65.0 Å². The molecule has 28 heteroatoms. The highest BCUT2D eigenvalue weighted by atomic mass is 16.2. The third kappa shape index (κ3) is 23.2. The molecule has 0 aromatic heterocycles. The molecule has 6 aliphatic rings. The van der Waals surface area contributed by atoms with Crippen molar-refractivity contribution in [2.24, 2.45) is 40.1 Å². The highest BCUT2D eigenvalue weighted by molar-refractivity contribution is 6.03. The number of rotatable bonds is 41. The molecule has 0 aliphatic heterocycles. The summed E-state index contributed by atoms with van der Waals surface area (Å²) in [5.41, 5.74) is 33.1. The lowest BCUT2D eigenvalue weighted by Crippen LogP contribution is -2.71. The van der Waals surface area contributed by atoms with Crippen LogP contribution in [0.1, 0.15) is 289 Å². The number of unbranched alkanes of at least 4 members (excludes halogenated alkanes) is 5. The van der Waals surface area contributed by atoms with Gasteiger partial charge in [-0.05, 0) is 200 Å². The molecule has 0 heterocycles. The summed E-state index contributed by atoms with van der Waals surface area (Å²) in [5, 5.41) is 30.5. The van der Waals surface area contributed by atoms with Gasteiger partial charge in [-0.25, -0.2) is 0 Å². The fourth-order valence-electron chi connectivity index (χ4n) is 16.2. The number of primary amides is 1. The summed E-state index contributed by atoms with van der Waals surface area (Å²) in [6.45, 7) is 1.79. The highest BCUT2D eigenvalue weighted by Gasteiger charge is 2.53. The van der Waals surface area contributed by atoms with E-state index >= 15 is 24.0 Å². The topological polar surface area (TPSA) is 490 Å². The minimum Gasteiger partial charge on any atom is -0.368 e. The lowest BCUT2D eigenvalue weighted by atomic mass is 9.76. The summed E-state index contributed by atoms with van der Waals surface area (Å²) in [4.78, 5) is 162. The van der Waals surface area contributed by atoms with Crippen molar-refractivity contribution in [1.82, 2.24) is 53.2 Å². The molecular weight excluding hydrogens is 1280 g/mol. The van der Waals surface area contributed by atoms with Crippen LogP contribution in [0.25, 0.3) is 0 Å². The van der Waals surface area contributed by atoms with Gasteiger partial charge in [0.05, 0.1) is 6.04 Å². The second-order valence-corrected chi connectivity index (χ2v) is 30.3. The average molecular weight is 1410 g/mol. The van der Waals surface area contributed by atoms with Crippen molar-refractivity contribution < 1.29 is 52.7 Å². The van der Waals surface area contributed by atoms with E-state index < -0.39 is 128 Å². The predicted octanol–water partition coefficient (Wildman–Crippen LogP) is 2.30. The van der Waals surface area contributed by atoms with Gasteiger partial charge in [0.25, 0.3) is 0 Å². The van der Waals surface area contributed by atoms with E-state index in [-0.39, 0.29) is 77.0 Å². The van der Waals surface area contributed by atoms with Crippen molar-refractivity contribution in [3.05, 3.63) is 0 Å². The number of carbonyl (C=O) groups is 11. The van der Waals surface area contributed by atoms with Crippen LogP contribution in [0.5, 0.6) is 0 Å². The molecule has 0 saturated heterocycles. The van der Waals surface area contributed by atoms with E-state index in [2.05, 4.69) is 53.2 Å². The zero-order valence-corrected chi connectivity index (χ0v) is 60.3. The number of amides is 11. The van der Waals surface area contributed by atoms with Crippen LogP contribution in [-0.4, -0.2) is 161 Å². The van der Waals surface area contributed by atoms with Crippen LogP contribution < -0.4 is 93.3 Å². The molecule has 0 bridgehead atoms. The molecule has 0 aromatic carbocycles. The van der Waals surface area contributed by atoms with Crippen LogP contribution in [0.15, 0.2) is 0 Å². The number of carbonyl (C=O) groups excluding carboxylic acids is 11. The van der Waals surface area contributed by atoms with E-state index in [0.717, 1.165) is 38.5 Å². The SMILES string of the molecule is NCCCC[C@H](NC(=O)[C@H](CCCCN)NC(=O)C1(NC(=O)C2(NC(=O)[C@H](CCCCN)NC(=O)C3(NC(=O)C4(NC(=O)[C@H](CCCCN)NC(=O)[C@@H](N)CCCCN)CCCCC4)CCCCC3)CCCCC2)CCCCC1)C(=O)NC1(C(=O)NC2(C(N)=O)CCCCC2)CCCCC1. The van der Waals surface area contributed by atoms with Gasteiger partial charge in [0.1, 0.15) is 57.4 Å². The Morgan fingerprint density at radius 2 is 0.470 bits per heavy atom. The third-order valence-electron chi connectivity index (χ3n) is 22.6. The molecule has 0 radical (unpaired) electrons. The Labute approximate surface area is 593 Å². The molecule has 5 atom stereocenters. The standard InChI is InChI=1S/C72H129N17O11/c73-46-24-7-29-51(78)56(90)80-53(31-9-26-48-75)58(92)84-71(42-20-5-21-43-71)65(99)89-69(38-16-3-17-39-69)63(97)83-55(33-11-28-50-77)60(94)86-72(44-22-6-23-45-72)66(100)88-68(36-14-2-15-37-68)62(96)82-52(30-8-25-47-74)57(91)81-54(32-10-27-49-76)59(93)85-70(40-18-4-19-41-70)64(98)87-67(61(79)95)34-12-1-13-35-67/h51-55H,1-50,73-78H2,(H2,79,95)(H,80,90)(H,81,91)(H,82,96)(H,83,97)(H,84,92)(H,85,93)(H,86,94)(H,87,98)(H,88,100)(H,89,99)/t51-,52-,53-,54-,55-/m0/s1. The number of hydrogen-bond donors (Lipinski definition) is 17. The van der Waals surface area contributed by atoms with Gasteiger partial charge in [-0.15, -0.1) is 0 Å². The van der Waals surface area contributed by atoms with Gasteiger partial charge < -0.3 is 93.3 Å². The van der Waals surface area contributed by atoms with Gasteiger partial charge in [0.15, 0.2) is 0 Å². The summed E-state index contributed by atoms with van der Waals surface area (Å²) in [5.74, 6) is -6.23. The number of nitrogens with two attached hydrogens (primary N) is 7. The lowest BCUT2D eigenvalue weighted by Gasteiger charge is -2.44. The molecule has 24 N–H and O–H groups in total. The Kier molecular flexibility index (Phi) is 34.2. The van der Waals surface area contributed by atoms with E-state index in [0.29, 0.717) is 206 Å². The summed E-state index contributed by atoms with van der Waals surface area (Å²) < 4.78 is 0. The van der Waals surface area contributed by atoms with E-state index in [4.69, 9.17) is 40.1 Å². The normalized spacial score (nSPS) is 21.3. The van der Waals surface area contributed by atoms with E-state index in [1.54, 1.807) is 0 Å². The van der Waals surface area contributed by atoms with Gasteiger partial charge >= 0.3 is 0 Å². The summed E-state index contributed by atoms with van der Waals surface area (Å²) >= 11 is 0. The van der Waals surface area contributed by atoms with Gasteiger partial charge in [-0.2, -0.15) is 0 Å². The highest BCUT2D eigenvalue weighted by Crippen LogP contribution is 2.38. The molecule has 6 fully saturated rings. The monoisotopic (exact) mass is 1410 g/mol. The van der Waals surface area contributed by atoms with Crippen LogP contribution in [0.3, 0.4) is 0 Å². The maximum Gasteiger partial charge on any atom is 0.246 e. The Morgan fingerprint density at radius 3 is 0.740 bits per heavy atom. The largest absolute Gasteiger partial charge is 0.368 e. The van der Waals surface area contributed by atoms with Gasteiger partial charge in [0.2, 0.25) is 65.0 Å². The fraction of sp³-hybridized carbons (Fsp3) is 0.847. The Hall–Kier alpha value is -6.07. The summed E-state index contributed by atoms with van der Waals surface area (Å²) in [7, 11) is 0. The van der Waals surface area contributed by atoms with Crippen molar-refractivity contribution in [2.75, 3.05) is 32.7 Å². The molecule has 11 amide bonds. The Bertz CT molecular complexity index is 2660. The first-order chi connectivity index (χ1) is 48.1. The quantitative estimate of drug-likeness (QED) is 0.0391. The smallest absolute Gasteiger partial charge is 0.246 e. The molecule has 0 aromatic rings. The number of hydrogen-bond acceptors (Lipinski definition) is 17. The average Bonchev–Trinajstić information content (AvgIpc) is 0.787. The molecule has 6 aliphatic carbocycles. The minimum absolute atomic E-state index is 0.140. The second kappa shape index (κ2) is 41.3. The minimum atomic E-state index is -1.53. The zero-order valence-electron chi connectivity index (χ0n) is 60.3. The second-order valence-electron chi connectivity index (χ2n) is 30.3. The van der Waals surface area contributed by atoms with Crippen LogP contribution in [0.4, 0.5) is 0 Å². The predicted molar refractivity (Wildman–Crippen MR) is 383 cm³/mol. The maximum absolute atomic E-state index is 15.5. The van der Waals surface area contributed by atoms with Crippen LogP contribution in [-0.2, 0) is 52.7 Å². The molecule has 568 valence electrons. The molecule has 100 heavy (non-hydrogen) atoms. The lowest BCUT2D eigenvalue weighted by molar-refractivity contribution is -0.144. The van der Waals surface area contributed by atoms with Gasteiger partial charge in [-0.1, -0.05) is 122 Å². The van der Waals surface area contributed by atoms with Crippen LogP contribution in [0.2, 0.25) is 0 Å². The molecule has 6 saturated carbocycles. The first-order valence-corrected chi connectivity index (χ1v) is 38.8. The van der Waals surface area contributed by atoms with Gasteiger partial charge in [0, 0.05) is 0 Å². The van der Waals surface area contributed by atoms with Crippen LogP contribution in [0, 0.1) is 0 Å². The van der Waals surface area contributed by atoms with Gasteiger partial charge in [-0.3, -0.25) is 52.7 Å². The molecule has 6 rings (SSSR count). The van der Waals surface area contributed by atoms with E-state index in [9.17, 15) is 28.8 Å². The van der Waals surface area contributed by atoms with Crippen molar-refractivity contribution in [3.8, 4) is 0 Å². The first kappa shape index (κ1) is 82.9. The molecule has 0 unspecified atom stereocenters. The molecular formula is C72H129N17O11. The zero-order chi connectivity index (χ0) is 72.7. The maximum atomic E-state index is 15.5. The molecule has 28 nitrogen and oxygen atoms in total. The fourth-order valence-corrected chi connectivity index (χ4v) is 16.2. The number of nitrogens with one attached hydrogen (secondary N) is 10. The summed E-state index contributed by atoms with van der Waals surface area (Å²) in [6, 6.07) is -5.41. The van der Waals surface area contributed by atoms with E-state index in [1.807, 2.05) is 0 Å². The third-order valence-corrected chi connectivity index (χ3v) is 22.6. The molecule has 0 spiro atoms. The van der Waals surface area contributed by atoms with Crippen molar-refractivity contribution in [1.29, 1.82) is 0 Å². The Balaban J connectivity index is 1.22. The Morgan fingerprint density at radius 1 is 0.250 bits per heavy atom. The van der Waals surface area contributed by atoms with E-state index in [1.165, 1.54) is 0 Å². The van der Waals surface area contributed by atoms with Crippen LogP contribution >= 0.6 is 0 Å². The first-order valence-electron chi connectivity index (χ1n) is 38.8.